The third kappa shape index (κ3) is 3.55. The van der Waals surface area contributed by atoms with Crippen LogP contribution in [0.1, 0.15) is 11.4 Å². The van der Waals surface area contributed by atoms with Gasteiger partial charge in [0.2, 0.25) is 5.13 Å². The van der Waals surface area contributed by atoms with Crippen LogP contribution in [0.15, 0.2) is 18.2 Å². The lowest BCUT2D eigenvalue weighted by Gasteiger charge is -2.05. The van der Waals surface area contributed by atoms with Crippen molar-refractivity contribution in [3.63, 3.8) is 0 Å². The Balaban J connectivity index is 1.97. The van der Waals surface area contributed by atoms with Crippen molar-refractivity contribution in [2.75, 3.05) is 12.4 Å². The van der Waals surface area contributed by atoms with Gasteiger partial charge in [0.15, 0.2) is 5.82 Å². The lowest BCUT2D eigenvalue weighted by atomic mass is 10.2. The SMILES string of the molecule is COCc1nsc(NCc2ccc(Cl)cc2Cl)n1. The minimum atomic E-state index is 0.417. The maximum atomic E-state index is 6.07. The van der Waals surface area contributed by atoms with E-state index in [1.165, 1.54) is 11.5 Å². The standard InChI is InChI=1S/C11H11Cl2N3OS/c1-17-6-10-15-11(18-16-10)14-5-7-2-3-8(12)4-9(7)13/h2-4H,5-6H2,1H3,(H,14,15,16). The van der Waals surface area contributed by atoms with E-state index in [4.69, 9.17) is 27.9 Å². The summed E-state index contributed by atoms with van der Waals surface area (Å²) in [6.45, 7) is 0.998. The molecule has 0 atom stereocenters. The van der Waals surface area contributed by atoms with Crippen LogP contribution in [0.25, 0.3) is 0 Å². The van der Waals surface area contributed by atoms with Crippen molar-refractivity contribution in [2.45, 2.75) is 13.2 Å². The molecule has 0 bridgehead atoms. The molecule has 1 heterocycles. The van der Waals surface area contributed by atoms with Crippen LogP contribution in [0.5, 0.6) is 0 Å². The van der Waals surface area contributed by atoms with E-state index in [9.17, 15) is 0 Å². The average Bonchev–Trinajstić information content (AvgIpc) is 2.76. The predicted molar refractivity (Wildman–Crippen MR) is 74.4 cm³/mol. The molecule has 7 heteroatoms. The first kappa shape index (κ1) is 13.5. The zero-order valence-electron chi connectivity index (χ0n) is 9.61. The van der Waals surface area contributed by atoms with E-state index in [0.29, 0.717) is 29.0 Å². The Kier molecular flexibility index (Phi) is 4.77. The maximum Gasteiger partial charge on any atom is 0.202 e. The Morgan fingerprint density at radius 2 is 2.22 bits per heavy atom. The minimum absolute atomic E-state index is 0.417. The van der Waals surface area contributed by atoms with E-state index in [-0.39, 0.29) is 0 Å². The van der Waals surface area contributed by atoms with E-state index < -0.39 is 0 Å². The summed E-state index contributed by atoms with van der Waals surface area (Å²) < 4.78 is 9.10. The number of anilines is 1. The number of halogens is 2. The molecule has 0 aliphatic heterocycles. The van der Waals surface area contributed by atoms with Crippen LogP contribution in [0, 0.1) is 0 Å². The van der Waals surface area contributed by atoms with Gasteiger partial charge in [-0.15, -0.1) is 0 Å². The molecule has 0 spiro atoms. The molecule has 1 N–H and O–H groups in total. The third-order valence-electron chi connectivity index (χ3n) is 2.19. The summed E-state index contributed by atoms with van der Waals surface area (Å²) in [4.78, 5) is 4.26. The topological polar surface area (TPSA) is 47.0 Å². The van der Waals surface area contributed by atoms with Gasteiger partial charge in [-0.05, 0) is 17.7 Å². The van der Waals surface area contributed by atoms with Crippen molar-refractivity contribution in [2.24, 2.45) is 0 Å². The third-order valence-corrected chi connectivity index (χ3v) is 3.48. The Labute approximate surface area is 119 Å². The van der Waals surface area contributed by atoms with E-state index in [1.807, 2.05) is 6.07 Å². The number of nitrogens with zero attached hydrogens (tertiary/aromatic N) is 2. The van der Waals surface area contributed by atoms with Crippen molar-refractivity contribution in [3.05, 3.63) is 39.6 Å². The first-order chi connectivity index (χ1) is 8.69. The van der Waals surface area contributed by atoms with Gasteiger partial charge in [0.05, 0.1) is 0 Å². The molecule has 1 aromatic carbocycles. The fourth-order valence-corrected chi connectivity index (χ4v) is 2.39. The average molecular weight is 304 g/mol. The van der Waals surface area contributed by atoms with Crippen molar-refractivity contribution in [3.8, 4) is 0 Å². The molecule has 96 valence electrons. The first-order valence-corrected chi connectivity index (χ1v) is 6.71. The summed E-state index contributed by atoms with van der Waals surface area (Å²) in [5.74, 6) is 0.673. The molecule has 0 amide bonds. The molecule has 4 nitrogen and oxygen atoms in total. The second-order valence-corrected chi connectivity index (χ2v) is 5.13. The van der Waals surface area contributed by atoms with Crippen molar-refractivity contribution in [1.29, 1.82) is 0 Å². The molecule has 0 saturated carbocycles. The number of hydrogen-bond donors (Lipinski definition) is 1. The molecule has 1 aromatic heterocycles. The number of rotatable bonds is 5. The highest BCUT2D eigenvalue weighted by molar-refractivity contribution is 7.09. The van der Waals surface area contributed by atoms with E-state index in [2.05, 4.69) is 14.7 Å². The Hall–Kier alpha value is -0.880. The Bertz CT molecular complexity index is 533. The van der Waals surface area contributed by atoms with Gasteiger partial charge < -0.3 is 10.1 Å². The zero-order chi connectivity index (χ0) is 13.0. The van der Waals surface area contributed by atoms with Gasteiger partial charge in [-0.1, -0.05) is 29.3 Å². The molecule has 0 radical (unpaired) electrons. The van der Waals surface area contributed by atoms with Crippen LogP contribution >= 0.6 is 34.7 Å². The van der Waals surface area contributed by atoms with Gasteiger partial charge in [0.1, 0.15) is 6.61 Å². The van der Waals surface area contributed by atoms with Crippen LogP contribution in [-0.4, -0.2) is 16.5 Å². The van der Waals surface area contributed by atoms with Crippen LogP contribution in [-0.2, 0) is 17.9 Å². The van der Waals surface area contributed by atoms with Crippen molar-refractivity contribution in [1.82, 2.24) is 9.36 Å². The molecule has 0 aliphatic carbocycles. The van der Waals surface area contributed by atoms with Crippen LogP contribution in [0.3, 0.4) is 0 Å². The van der Waals surface area contributed by atoms with Gasteiger partial charge >= 0.3 is 0 Å². The highest BCUT2D eigenvalue weighted by Crippen LogP contribution is 2.22. The summed E-state index contributed by atoms with van der Waals surface area (Å²) in [7, 11) is 1.61. The fraction of sp³-hybridized carbons (Fsp3) is 0.273. The van der Waals surface area contributed by atoms with Gasteiger partial charge in [0.25, 0.3) is 0 Å². The van der Waals surface area contributed by atoms with Crippen molar-refractivity contribution >= 4 is 39.9 Å². The molecular weight excluding hydrogens is 293 g/mol. The summed E-state index contributed by atoms with van der Waals surface area (Å²) in [6.07, 6.45) is 0. The lowest BCUT2D eigenvalue weighted by molar-refractivity contribution is 0.179. The lowest BCUT2D eigenvalue weighted by Crippen LogP contribution is -2.00. The van der Waals surface area contributed by atoms with Gasteiger partial charge in [-0.25, -0.2) is 4.98 Å². The normalized spacial score (nSPS) is 10.6. The number of hydrogen-bond acceptors (Lipinski definition) is 5. The maximum absolute atomic E-state index is 6.07. The smallest absolute Gasteiger partial charge is 0.202 e. The molecule has 2 rings (SSSR count). The number of nitrogens with one attached hydrogen (secondary N) is 1. The van der Waals surface area contributed by atoms with Crippen LogP contribution < -0.4 is 5.32 Å². The summed E-state index contributed by atoms with van der Waals surface area (Å²) in [5.41, 5.74) is 0.963. The van der Waals surface area contributed by atoms with Gasteiger partial charge in [-0.3, -0.25) is 0 Å². The second kappa shape index (κ2) is 6.33. The minimum Gasteiger partial charge on any atom is -0.377 e. The second-order valence-electron chi connectivity index (χ2n) is 3.54. The Morgan fingerprint density at radius 3 is 2.94 bits per heavy atom. The Morgan fingerprint density at radius 1 is 1.39 bits per heavy atom. The molecule has 0 unspecified atom stereocenters. The summed E-state index contributed by atoms with van der Waals surface area (Å²) in [5, 5.41) is 5.17. The first-order valence-electron chi connectivity index (χ1n) is 5.18. The monoisotopic (exact) mass is 303 g/mol. The van der Waals surface area contributed by atoms with E-state index in [0.717, 1.165) is 10.7 Å². The highest BCUT2D eigenvalue weighted by Gasteiger charge is 2.05. The van der Waals surface area contributed by atoms with Gasteiger partial charge in [0, 0.05) is 35.2 Å². The van der Waals surface area contributed by atoms with Gasteiger partial charge in [-0.2, -0.15) is 4.37 Å². The molecule has 0 saturated heterocycles. The largest absolute Gasteiger partial charge is 0.377 e. The summed E-state index contributed by atoms with van der Waals surface area (Å²) >= 11 is 13.2. The molecule has 2 aromatic rings. The number of benzene rings is 1. The van der Waals surface area contributed by atoms with Crippen molar-refractivity contribution < 1.29 is 4.74 Å². The number of methoxy groups -OCH3 is 1. The molecule has 18 heavy (non-hydrogen) atoms. The highest BCUT2D eigenvalue weighted by atomic mass is 35.5. The fourth-order valence-electron chi connectivity index (χ4n) is 1.35. The molecule has 0 aliphatic rings. The molecule has 0 fully saturated rings. The zero-order valence-corrected chi connectivity index (χ0v) is 11.9. The van der Waals surface area contributed by atoms with Crippen LogP contribution in [0.4, 0.5) is 5.13 Å². The van der Waals surface area contributed by atoms with E-state index in [1.54, 1.807) is 19.2 Å². The summed E-state index contributed by atoms with van der Waals surface area (Å²) in [6, 6.07) is 5.41. The molecular formula is C11H11Cl2N3OS. The number of aromatic nitrogens is 2. The number of ether oxygens (including phenoxy) is 1. The van der Waals surface area contributed by atoms with E-state index >= 15 is 0 Å². The van der Waals surface area contributed by atoms with Crippen LogP contribution in [0.2, 0.25) is 10.0 Å². The predicted octanol–water partition coefficient (Wildman–Crippen LogP) is 3.60. The quantitative estimate of drug-likeness (QED) is 0.917.